The van der Waals surface area contributed by atoms with E-state index >= 15 is 0 Å². The molecule has 1 aliphatic carbocycles. The lowest BCUT2D eigenvalue weighted by molar-refractivity contribution is -0.172. The van der Waals surface area contributed by atoms with Crippen LogP contribution in [0, 0.1) is 5.92 Å². The summed E-state index contributed by atoms with van der Waals surface area (Å²) in [6.07, 6.45) is 3.71. The number of esters is 1. The summed E-state index contributed by atoms with van der Waals surface area (Å²) in [6, 6.07) is 1.67. The van der Waals surface area contributed by atoms with E-state index in [1.807, 2.05) is 0 Å². The lowest BCUT2D eigenvalue weighted by atomic mass is 9.85. The molecular formula is C62H84N8O21. The van der Waals surface area contributed by atoms with E-state index in [-0.39, 0.29) is 94.2 Å². The summed E-state index contributed by atoms with van der Waals surface area (Å²) in [5, 5.41) is 35.4. The number of nitrogens with one attached hydrogen (secondary N) is 5. The van der Waals surface area contributed by atoms with Crippen LogP contribution >= 0.6 is 0 Å². The zero-order valence-corrected chi connectivity index (χ0v) is 52.0. The van der Waals surface area contributed by atoms with Gasteiger partial charge in [-0.1, -0.05) is 20.8 Å². The molecule has 7 N–H and O–H groups in total. The van der Waals surface area contributed by atoms with Gasteiger partial charge in [-0.15, -0.1) is 0 Å². The fourth-order valence-electron chi connectivity index (χ4n) is 10.6. The molecule has 2 aromatic heterocycles. The first-order valence-electron chi connectivity index (χ1n) is 30.8. The topological polar surface area (TPSA) is 375 Å². The Morgan fingerprint density at radius 1 is 0.659 bits per heavy atom. The number of benzene rings is 1. The average Bonchev–Trinajstić information content (AvgIpc) is 1.64. The number of carbonyl (C=O) groups is 9. The van der Waals surface area contributed by atoms with Gasteiger partial charge in [-0.2, -0.15) is 0 Å². The first-order valence-corrected chi connectivity index (χ1v) is 30.8. The van der Waals surface area contributed by atoms with Gasteiger partial charge in [0.15, 0.2) is 5.60 Å². The number of aryl methyl sites for hydroxylation is 2. The quantitative estimate of drug-likeness (QED) is 0.0180. The number of rotatable bonds is 42. The second kappa shape index (κ2) is 35.3. The molecule has 91 heavy (non-hydrogen) atoms. The fourth-order valence-corrected chi connectivity index (χ4v) is 10.6. The number of pyridine rings is 2. The maximum Gasteiger partial charge on any atom is 0.343 e. The highest BCUT2D eigenvalue weighted by Crippen LogP contribution is 2.43. The van der Waals surface area contributed by atoms with Crippen molar-refractivity contribution in [2.24, 2.45) is 5.92 Å². The number of nitrogens with zero attached hydrogens (tertiary/aromatic N) is 3. The van der Waals surface area contributed by atoms with Crippen LogP contribution in [0.25, 0.3) is 22.3 Å². The van der Waals surface area contributed by atoms with Crippen LogP contribution < -0.4 is 32.1 Å². The van der Waals surface area contributed by atoms with Crippen LogP contribution in [0.15, 0.2) is 35.1 Å². The van der Waals surface area contributed by atoms with Crippen LogP contribution in [0.5, 0.6) is 0 Å². The van der Waals surface area contributed by atoms with E-state index < -0.39 is 77.0 Å². The predicted octanol–water partition coefficient (Wildman–Crippen LogP) is 0.456. The second-order valence-electron chi connectivity index (χ2n) is 22.3. The summed E-state index contributed by atoms with van der Waals surface area (Å²) in [4.78, 5) is 133. The molecule has 29 nitrogen and oxygen atoms in total. The summed E-state index contributed by atoms with van der Waals surface area (Å²) >= 11 is 0. The zero-order valence-electron chi connectivity index (χ0n) is 52.0. The van der Waals surface area contributed by atoms with Gasteiger partial charge in [-0.25, -0.2) is 14.6 Å². The van der Waals surface area contributed by atoms with E-state index in [1.165, 1.54) is 19.1 Å². The van der Waals surface area contributed by atoms with Crippen LogP contribution in [0.2, 0.25) is 0 Å². The van der Waals surface area contributed by atoms with E-state index in [9.17, 15) is 58.2 Å². The number of amides is 7. The molecule has 3 aromatic rings. The SMILES string of the molecule is CC[C@@]1(O)C(=O)OCc2c1cc1n(c2=O)Cc2c-1nc1ccc(NC(=O)[C@H](C)NC(=O)[C@@H](NC(=O)CC[C@H](NC(=O)CCOCCOCCOCCOCCOCCOCCOCCOCCNC(=O)CCN3C(=O)C=CC3=O)C(=O)O)C(C)C)c3c1c2CCC3. The number of hydrogen-bond acceptors (Lipinski definition) is 21. The Morgan fingerprint density at radius 2 is 1.22 bits per heavy atom. The smallest absolute Gasteiger partial charge is 0.343 e. The first kappa shape index (κ1) is 70.8. The van der Waals surface area contributed by atoms with Crippen LogP contribution in [0.4, 0.5) is 5.69 Å². The number of hydrogen-bond donors (Lipinski definition) is 7. The summed E-state index contributed by atoms with van der Waals surface area (Å²) in [5.41, 5.74) is 3.11. The molecule has 3 aliphatic heterocycles. The van der Waals surface area contributed by atoms with E-state index in [1.54, 1.807) is 43.5 Å². The molecule has 0 spiro atoms. The van der Waals surface area contributed by atoms with Gasteiger partial charge in [-0.3, -0.25) is 43.3 Å². The first-order chi connectivity index (χ1) is 43.8. The van der Waals surface area contributed by atoms with E-state index in [2.05, 4.69) is 26.6 Å². The minimum atomic E-state index is -1.96. The molecule has 29 heteroatoms. The molecule has 0 fully saturated rings. The Bertz CT molecular complexity index is 3170. The van der Waals surface area contributed by atoms with Gasteiger partial charge in [-0.05, 0) is 74.3 Å². The van der Waals surface area contributed by atoms with Gasteiger partial charge in [0.25, 0.3) is 17.4 Å². The molecule has 0 unspecified atom stereocenters. The number of anilines is 1. The minimum absolute atomic E-state index is 0.00735. The number of carbonyl (C=O) groups excluding carboxylic acids is 8. The maximum absolute atomic E-state index is 13.8. The van der Waals surface area contributed by atoms with Crippen molar-refractivity contribution in [3.05, 3.63) is 68.5 Å². The standard InChI is InChI=1S/C62H84N8O21/c1-5-62(82)44-35-48-56-42(36-70(48)59(78)43(44)37-91-61(62)81)40-7-6-8-41-45(9-10-46(66-56)54(40)41)67-57(76)39(4)64-58(77)55(38(2)3)68-50(72)12-11-47(60(79)80)65-51(73)16-19-83-21-23-85-25-27-87-29-31-89-33-34-90-32-30-88-28-26-86-24-22-84-20-17-63-49(71)15-18-69-52(74)13-14-53(69)75/h9-10,13-14,35,38-39,47,55,82H,5-8,11-12,15-34,36-37H2,1-4H3,(H,63,71)(H,64,77)(H,65,73)(H,67,76)(H,68,72)(H,79,80)/t39-,47-,55-,62-/m0/s1. The molecule has 0 saturated carbocycles. The maximum atomic E-state index is 13.8. The van der Waals surface area contributed by atoms with Crippen molar-refractivity contribution in [2.75, 3.05) is 124 Å². The Kier molecular flexibility index (Phi) is 27.5. The van der Waals surface area contributed by atoms with Crippen molar-refractivity contribution >= 4 is 69.9 Å². The molecule has 5 heterocycles. The third-order valence-corrected chi connectivity index (χ3v) is 15.6. The zero-order chi connectivity index (χ0) is 65.5. The average molecular weight is 1280 g/mol. The molecule has 1 aromatic carbocycles. The van der Waals surface area contributed by atoms with Crippen molar-refractivity contribution in [2.45, 2.75) is 116 Å². The molecule has 498 valence electrons. The van der Waals surface area contributed by atoms with Crippen molar-refractivity contribution in [1.82, 2.24) is 35.7 Å². The predicted molar refractivity (Wildman–Crippen MR) is 323 cm³/mol. The third-order valence-electron chi connectivity index (χ3n) is 15.6. The second-order valence-corrected chi connectivity index (χ2v) is 22.3. The van der Waals surface area contributed by atoms with Gasteiger partial charge in [0.1, 0.15) is 24.7 Å². The van der Waals surface area contributed by atoms with Gasteiger partial charge < -0.3 is 84.0 Å². The van der Waals surface area contributed by atoms with E-state index in [0.717, 1.165) is 33.4 Å². The monoisotopic (exact) mass is 1280 g/mol. The number of imide groups is 1. The van der Waals surface area contributed by atoms with Crippen LogP contribution in [-0.4, -0.2) is 215 Å². The van der Waals surface area contributed by atoms with Crippen molar-refractivity contribution < 1.29 is 96.0 Å². The molecule has 0 saturated heterocycles. The summed E-state index contributed by atoms with van der Waals surface area (Å²) < 4.78 is 50.5. The Hall–Kier alpha value is -7.61. The summed E-state index contributed by atoms with van der Waals surface area (Å²) in [6.45, 7) is 12.0. The van der Waals surface area contributed by atoms with Crippen LogP contribution in [0.1, 0.15) is 94.0 Å². The van der Waals surface area contributed by atoms with Crippen LogP contribution in [0.3, 0.4) is 0 Å². The van der Waals surface area contributed by atoms with Crippen molar-refractivity contribution in [3.8, 4) is 11.4 Å². The summed E-state index contributed by atoms with van der Waals surface area (Å²) in [5.74, 6) is -6.08. The molecule has 7 amide bonds. The number of cyclic esters (lactones) is 1. The number of aliphatic hydroxyl groups is 1. The molecule has 7 rings (SSSR count). The third kappa shape index (κ3) is 19.7. The number of aliphatic carboxylic acids is 1. The highest BCUT2D eigenvalue weighted by atomic mass is 16.6. The molecule has 4 atom stereocenters. The van der Waals surface area contributed by atoms with Crippen LogP contribution in [-0.2, 0) is 117 Å². The summed E-state index contributed by atoms with van der Waals surface area (Å²) in [7, 11) is 0. The Balaban J connectivity index is 0.681. The molecule has 0 bridgehead atoms. The lowest BCUT2D eigenvalue weighted by Gasteiger charge is -2.31. The fraction of sp³-hybridized carbons (Fsp3) is 0.597. The van der Waals surface area contributed by atoms with Gasteiger partial charge in [0.2, 0.25) is 29.5 Å². The number of ether oxygens (including phenoxy) is 9. The highest BCUT2D eigenvalue weighted by molar-refractivity contribution is 6.13. The van der Waals surface area contributed by atoms with Gasteiger partial charge in [0.05, 0.1) is 135 Å². The van der Waals surface area contributed by atoms with E-state index in [0.29, 0.717) is 128 Å². The Morgan fingerprint density at radius 3 is 1.79 bits per heavy atom. The molecule has 0 radical (unpaired) electrons. The highest BCUT2D eigenvalue weighted by Gasteiger charge is 2.46. The van der Waals surface area contributed by atoms with Gasteiger partial charge in [0, 0.05) is 66.7 Å². The van der Waals surface area contributed by atoms with Crippen molar-refractivity contribution in [3.63, 3.8) is 0 Å². The molecular weight excluding hydrogens is 1190 g/mol. The largest absolute Gasteiger partial charge is 0.480 e. The number of carboxylic acid groups (broad SMARTS) is 1. The van der Waals surface area contributed by atoms with E-state index in [4.69, 9.17) is 47.6 Å². The number of carboxylic acids is 1. The number of aromatic nitrogens is 2. The normalized spacial score (nSPS) is 16.5. The lowest BCUT2D eigenvalue weighted by Crippen LogP contribution is -2.54. The number of fused-ring (bicyclic) bond motifs is 5. The Labute approximate surface area is 525 Å². The minimum Gasteiger partial charge on any atom is -0.480 e. The van der Waals surface area contributed by atoms with Crippen molar-refractivity contribution in [1.29, 1.82) is 0 Å². The van der Waals surface area contributed by atoms with Gasteiger partial charge >= 0.3 is 11.9 Å². The molecule has 4 aliphatic rings.